The van der Waals surface area contributed by atoms with Crippen molar-refractivity contribution in [2.45, 2.75) is 209 Å². The average molecular weight is 1400 g/mol. The highest BCUT2D eigenvalue weighted by atomic mass is 16.7. The number of aliphatic carboxylic acids is 1. The summed E-state index contributed by atoms with van der Waals surface area (Å²) in [6.07, 6.45) is -8.33. The molecule has 3 fully saturated rings. The molecule has 2 heterocycles. The Balaban J connectivity index is 1.03. The summed E-state index contributed by atoms with van der Waals surface area (Å²) >= 11 is 0. The number of nitrogens with one attached hydrogen (secondary N) is 7. The van der Waals surface area contributed by atoms with Gasteiger partial charge in [0, 0.05) is 67.7 Å². The Morgan fingerprint density at radius 1 is 0.747 bits per heavy atom. The summed E-state index contributed by atoms with van der Waals surface area (Å²) < 4.78 is 17.7. The van der Waals surface area contributed by atoms with Crippen LogP contribution in [0, 0.1) is 11.8 Å². The minimum absolute atomic E-state index is 0.0285. The number of aromatic hydroxyl groups is 2. The van der Waals surface area contributed by atoms with Gasteiger partial charge in [-0.1, -0.05) is 45.2 Å². The molecule has 34 heteroatoms. The first-order valence-electron chi connectivity index (χ1n) is 32.8. The van der Waals surface area contributed by atoms with E-state index in [9.17, 15) is 108 Å². The first-order valence-corrected chi connectivity index (χ1v) is 32.8. The lowest BCUT2D eigenvalue weighted by Crippen LogP contribution is -2.62. The van der Waals surface area contributed by atoms with E-state index in [4.69, 9.17) is 19.9 Å². The molecule has 34 nitrogen and oxygen atoms in total. The molecule has 0 radical (unpaired) electrons. The van der Waals surface area contributed by atoms with Crippen molar-refractivity contribution >= 4 is 76.5 Å². The third-order valence-electron chi connectivity index (χ3n) is 18.5. The minimum Gasteiger partial charge on any atom is -0.550 e. The van der Waals surface area contributed by atoms with Crippen molar-refractivity contribution in [2.75, 3.05) is 33.5 Å². The van der Waals surface area contributed by atoms with Crippen molar-refractivity contribution in [1.29, 1.82) is 0 Å². The number of likely N-dealkylation sites (tertiary alicyclic amines) is 1. The lowest BCUT2D eigenvalue weighted by molar-refractivity contribution is -0.305. The number of ether oxygens (including phenoxy) is 3. The summed E-state index contributed by atoms with van der Waals surface area (Å²) in [5, 5.41) is 116. The number of carbonyl (C=O) groups excluding carboxylic acids is 13. The molecule has 0 bridgehead atoms. The fourth-order valence-electron chi connectivity index (χ4n) is 13.3. The molecule has 17 N–H and O–H groups in total. The Labute approximate surface area is 567 Å². The number of phenolic OH excluding ortho intramolecular Hbond substituents is 2. The standard InChI is InChI=1S/C65H89N9O25/c1-28(2)19-37(60(91)69-36-21-47(98-30(4)53(36)84)99-42-23-65(96,43(79)27-77)22-34-49(42)57(88)51-50(55(34)86)54(85)33-13-9-14-41(97-5)48(33)56(51)87)70-61(92)38(25-75)72-59(90)35(17-18-44(66)80)68-64(95)52(31-11-7-6-8-12-31)73-62(93)39(26-76)71-58(89)29(3)67-63(94)40-20-32(78)24-74(40)45(81)15-10-16-46(82)83/h9,13-14,28-32,35-40,42,47,52-53,75-78,84,86,88,96H,6-8,10-12,15-27H2,1-5H3,(H2,66,80)(H,67,94)(H,68,95)(H,69,91)(H,70,92)(H,71,89)(H,72,90)(H,73,93)(H,82,83)/p-1/t29?,30?,32?,35-,36?,37-,38?,39?,40?,42?,47?,52?,53?,65-/m0/s1. The maximum absolute atomic E-state index is 14.4. The van der Waals surface area contributed by atoms with Gasteiger partial charge in [-0.2, -0.15) is 0 Å². The molecule has 9 amide bonds. The summed E-state index contributed by atoms with van der Waals surface area (Å²) in [6.45, 7) is 2.43. The van der Waals surface area contributed by atoms with Gasteiger partial charge in [-0.05, 0) is 70.3 Å². The quantitative estimate of drug-likeness (QED) is 0.0268. The number of rotatable bonds is 31. The molecule has 1 saturated carbocycles. The molecule has 14 atom stereocenters. The fourth-order valence-corrected chi connectivity index (χ4v) is 13.3. The van der Waals surface area contributed by atoms with E-state index < -0.39 is 248 Å². The van der Waals surface area contributed by atoms with Gasteiger partial charge < -0.3 is 113 Å². The molecule has 11 unspecified atom stereocenters. The number of hydrogen-bond acceptors (Lipinski definition) is 25. The molecule has 2 aromatic rings. The zero-order valence-electron chi connectivity index (χ0n) is 55.4. The van der Waals surface area contributed by atoms with Crippen molar-refractivity contribution in [3.05, 3.63) is 51.6 Å². The molecule has 2 aliphatic heterocycles. The highest BCUT2D eigenvalue weighted by Crippen LogP contribution is 2.53. The van der Waals surface area contributed by atoms with Crippen LogP contribution in [0.5, 0.6) is 17.2 Å². The number of carboxylic acid groups (broad SMARTS) is 1. The van der Waals surface area contributed by atoms with E-state index in [0.29, 0.717) is 25.7 Å². The van der Waals surface area contributed by atoms with E-state index >= 15 is 0 Å². The normalized spacial score (nSPS) is 23.8. The highest BCUT2D eigenvalue weighted by Gasteiger charge is 2.51. The number of aliphatic hydroxyl groups excluding tert-OH is 5. The highest BCUT2D eigenvalue weighted by molar-refractivity contribution is 6.31. The molecule has 544 valence electrons. The molecule has 2 aromatic carbocycles. The van der Waals surface area contributed by atoms with Gasteiger partial charge in [0.15, 0.2) is 17.9 Å². The van der Waals surface area contributed by atoms with Gasteiger partial charge in [-0.15, -0.1) is 0 Å². The summed E-state index contributed by atoms with van der Waals surface area (Å²) in [5.41, 5.74) is 0.550. The third-order valence-corrected chi connectivity index (χ3v) is 18.5. The number of primary amides is 1. The van der Waals surface area contributed by atoms with Gasteiger partial charge >= 0.3 is 0 Å². The van der Waals surface area contributed by atoms with E-state index in [0.717, 1.165) is 11.3 Å². The average Bonchev–Trinajstić information content (AvgIpc) is 1.09. The maximum atomic E-state index is 14.4. The number of nitrogens with two attached hydrogens (primary N) is 1. The fraction of sp³-hybridized carbons (Fsp3) is 0.615. The number of amides is 9. The smallest absolute Gasteiger partial charge is 0.245 e. The van der Waals surface area contributed by atoms with E-state index in [1.807, 2.05) is 0 Å². The number of phenols is 2. The number of hydrogen-bond donors (Lipinski definition) is 16. The van der Waals surface area contributed by atoms with Crippen LogP contribution in [-0.4, -0.2) is 234 Å². The molecule has 7 rings (SSSR count). The van der Waals surface area contributed by atoms with Crippen LogP contribution >= 0.6 is 0 Å². The number of carbonyl (C=O) groups is 13. The molecule has 3 aliphatic carbocycles. The van der Waals surface area contributed by atoms with Gasteiger partial charge in [-0.25, -0.2) is 0 Å². The maximum Gasteiger partial charge on any atom is 0.245 e. The van der Waals surface area contributed by atoms with E-state index in [2.05, 4.69) is 37.2 Å². The summed E-state index contributed by atoms with van der Waals surface area (Å²) in [6, 6.07) is -8.10. The monoisotopic (exact) mass is 1390 g/mol. The zero-order valence-corrected chi connectivity index (χ0v) is 55.4. The zero-order chi connectivity index (χ0) is 73.1. The number of nitrogens with zero attached hydrogens (tertiary/aromatic N) is 1. The van der Waals surface area contributed by atoms with Crippen LogP contribution in [0.1, 0.15) is 167 Å². The SMILES string of the molecule is COc1cccc2c1C(=O)c1c(O)c3c(c(O)c1C2=O)C[C@@](O)(C(=O)CO)CC3OC1CC(NC(=O)[C@H](CC(C)C)NC(=O)C(CO)NC(=O)[C@H](CCC(N)=O)NC(=O)C(NC(=O)C(CO)NC(=O)C(C)NC(=O)C2CC(O)CN2C(=O)CCCC(=O)[O-])C2CCCCC2)C(O)C(C)O1. The Hall–Kier alpha value is -8.77. The predicted octanol–water partition coefficient (Wildman–Crippen LogP) is -5.15. The van der Waals surface area contributed by atoms with Crippen LogP contribution < -0.4 is 52.8 Å². The largest absolute Gasteiger partial charge is 0.550 e. The molecular weight excluding hydrogens is 1310 g/mol. The Kier molecular flexibility index (Phi) is 26.5. The molecule has 5 aliphatic rings. The minimum atomic E-state index is -2.51. The molecule has 0 spiro atoms. The van der Waals surface area contributed by atoms with Gasteiger partial charge in [0.05, 0.1) is 61.4 Å². The van der Waals surface area contributed by atoms with Crippen LogP contribution in [0.25, 0.3) is 0 Å². The summed E-state index contributed by atoms with van der Waals surface area (Å²) in [5.74, 6) is -15.8. The van der Waals surface area contributed by atoms with E-state index in [1.165, 1.54) is 39.2 Å². The summed E-state index contributed by atoms with van der Waals surface area (Å²) in [7, 11) is 1.25. The lowest BCUT2D eigenvalue weighted by Gasteiger charge is -2.43. The van der Waals surface area contributed by atoms with Crippen molar-refractivity contribution in [2.24, 2.45) is 17.6 Å². The summed E-state index contributed by atoms with van der Waals surface area (Å²) in [4.78, 5) is 176. The predicted molar refractivity (Wildman–Crippen MR) is 337 cm³/mol. The van der Waals surface area contributed by atoms with Gasteiger partial charge in [0.2, 0.25) is 58.9 Å². The Morgan fingerprint density at radius 2 is 1.36 bits per heavy atom. The van der Waals surface area contributed by atoms with Crippen LogP contribution in [-0.2, 0) is 68.6 Å². The number of benzene rings is 2. The van der Waals surface area contributed by atoms with Crippen LogP contribution in [0.3, 0.4) is 0 Å². The van der Waals surface area contributed by atoms with Gasteiger partial charge in [0.25, 0.3) is 0 Å². The Bertz CT molecular complexity index is 3430. The number of methoxy groups -OCH3 is 1. The van der Waals surface area contributed by atoms with Crippen molar-refractivity contribution in [3.63, 3.8) is 0 Å². The number of fused-ring (bicyclic) bond motifs is 3. The lowest BCUT2D eigenvalue weighted by atomic mass is 9.72. The number of ketones is 3. The first kappa shape index (κ1) is 77.6. The van der Waals surface area contributed by atoms with Crippen molar-refractivity contribution in [3.8, 4) is 17.2 Å². The van der Waals surface area contributed by atoms with Crippen molar-refractivity contribution in [1.82, 2.24) is 42.1 Å². The number of aliphatic hydroxyl groups is 6. The molecule has 0 aromatic heterocycles. The van der Waals surface area contributed by atoms with Gasteiger partial charge in [-0.3, -0.25) is 57.5 Å². The van der Waals surface area contributed by atoms with Crippen molar-refractivity contribution < 1.29 is 122 Å². The van der Waals surface area contributed by atoms with Crippen LogP contribution in [0.15, 0.2) is 18.2 Å². The Morgan fingerprint density at radius 3 is 1.98 bits per heavy atom. The topological polar surface area (TPSA) is 548 Å². The van der Waals surface area contributed by atoms with Crippen LogP contribution in [0.4, 0.5) is 0 Å². The first-order chi connectivity index (χ1) is 46.8. The second-order valence-electron chi connectivity index (χ2n) is 26.1. The number of β-amino-alcohol motifs (C(OH)–C–C–N with tert-alkyl or cyclic N) is 1. The van der Waals surface area contributed by atoms with E-state index in [1.54, 1.807) is 13.8 Å². The number of carboxylic acids is 1. The molecule has 2 saturated heterocycles. The third kappa shape index (κ3) is 18.4. The molecular formula is C65H88N9O25-. The second-order valence-corrected chi connectivity index (χ2v) is 26.1. The van der Waals surface area contributed by atoms with Crippen LogP contribution in [0.2, 0.25) is 0 Å². The van der Waals surface area contributed by atoms with Gasteiger partial charge in [0.1, 0.15) is 77.9 Å². The number of Topliss-reactive ketones (excluding diaryl/α,β-unsaturated/α-hetero) is 1. The second kappa shape index (κ2) is 33.9. The van der Waals surface area contributed by atoms with E-state index in [-0.39, 0.29) is 66.1 Å². The molecule has 99 heavy (non-hydrogen) atoms.